The van der Waals surface area contributed by atoms with E-state index < -0.39 is 11.7 Å². The molecule has 1 aliphatic carbocycles. The summed E-state index contributed by atoms with van der Waals surface area (Å²) in [6, 6.07) is 31.7. The highest BCUT2D eigenvalue weighted by molar-refractivity contribution is 5.44. The number of aliphatic hydroxyl groups is 1. The van der Waals surface area contributed by atoms with Crippen LogP contribution in [-0.4, -0.2) is 35.1 Å². The molecule has 1 saturated carbocycles. The van der Waals surface area contributed by atoms with Gasteiger partial charge in [0.1, 0.15) is 41.3 Å². The standard InChI is InChI=1S/C39H46O5/c1-37(2,28-18-20-32(40)21-19-28)29-10-7-14-34(22-29)43-26-36(41)39(5,6)44-35-15-9-12-31(24-35)38(3,4)30-11-8-13-33(23-30)42-25-27-16-17-27/h7-15,18-24,27,36,40-41H,16-17,25-26H2,1-6H3. The predicted molar refractivity (Wildman–Crippen MR) is 176 cm³/mol. The average molecular weight is 595 g/mol. The molecule has 44 heavy (non-hydrogen) atoms. The first-order valence-electron chi connectivity index (χ1n) is 15.6. The van der Waals surface area contributed by atoms with E-state index >= 15 is 0 Å². The van der Waals surface area contributed by atoms with Crippen LogP contribution in [0.25, 0.3) is 0 Å². The minimum atomic E-state index is -0.901. The molecule has 0 aromatic heterocycles. The summed E-state index contributed by atoms with van der Waals surface area (Å²) < 4.78 is 18.5. The molecule has 4 aromatic carbocycles. The number of ether oxygens (including phenoxy) is 3. The van der Waals surface area contributed by atoms with Gasteiger partial charge in [0.15, 0.2) is 0 Å². The molecule has 2 N–H and O–H groups in total. The van der Waals surface area contributed by atoms with Gasteiger partial charge in [-0.1, -0.05) is 76.2 Å². The highest BCUT2D eigenvalue weighted by Crippen LogP contribution is 2.37. The summed E-state index contributed by atoms with van der Waals surface area (Å²) in [7, 11) is 0. The molecule has 1 aliphatic rings. The highest BCUT2D eigenvalue weighted by Gasteiger charge is 2.32. The normalized spacial score (nSPS) is 14.6. The average Bonchev–Trinajstić information content (AvgIpc) is 3.84. The van der Waals surface area contributed by atoms with Crippen molar-refractivity contribution in [2.75, 3.05) is 13.2 Å². The summed E-state index contributed by atoms with van der Waals surface area (Å²) in [4.78, 5) is 0. The minimum Gasteiger partial charge on any atom is -0.508 e. The van der Waals surface area contributed by atoms with Gasteiger partial charge in [0.05, 0.1) is 6.61 Å². The van der Waals surface area contributed by atoms with Crippen molar-refractivity contribution in [3.63, 3.8) is 0 Å². The second-order valence-corrected chi connectivity index (χ2v) is 13.7. The number of hydrogen-bond donors (Lipinski definition) is 2. The van der Waals surface area contributed by atoms with E-state index in [2.05, 4.69) is 64.1 Å². The summed E-state index contributed by atoms with van der Waals surface area (Å²) >= 11 is 0. The van der Waals surface area contributed by atoms with E-state index in [1.165, 1.54) is 18.4 Å². The fourth-order valence-corrected chi connectivity index (χ4v) is 5.36. The van der Waals surface area contributed by atoms with E-state index in [9.17, 15) is 10.2 Å². The van der Waals surface area contributed by atoms with E-state index in [-0.39, 0.29) is 23.2 Å². The molecule has 1 unspecified atom stereocenters. The maximum absolute atomic E-state index is 11.2. The van der Waals surface area contributed by atoms with E-state index in [4.69, 9.17) is 14.2 Å². The van der Waals surface area contributed by atoms with Crippen molar-refractivity contribution >= 4 is 0 Å². The number of rotatable bonds is 13. The first-order chi connectivity index (χ1) is 20.8. The fraction of sp³-hybridized carbons (Fsp3) is 0.385. The molecule has 0 saturated heterocycles. The van der Waals surface area contributed by atoms with Crippen molar-refractivity contribution in [3.8, 4) is 23.0 Å². The molecule has 4 aromatic rings. The number of hydrogen-bond acceptors (Lipinski definition) is 5. The molecule has 0 amide bonds. The lowest BCUT2D eigenvalue weighted by atomic mass is 9.78. The highest BCUT2D eigenvalue weighted by atomic mass is 16.5. The van der Waals surface area contributed by atoms with Gasteiger partial charge in [-0.05, 0) is 103 Å². The van der Waals surface area contributed by atoms with Gasteiger partial charge >= 0.3 is 0 Å². The van der Waals surface area contributed by atoms with Crippen molar-refractivity contribution in [2.45, 2.75) is 76.9 Å². The van der Waals surface area contributed by atoms with Crippen molar-refractivity contribution in [1.29, 1.82) is 0 Å². The Bertz CT molecular complexity index is 1550. The molecule has 0 spiro atoms. The van der Waals surface area contributed by atoms with Crippen LogP contribution in [0, 0.1) is 5.92 Å². The van der Waals surface area contributed by atoms with E-state index in [0.717, 1.165) is 29.0 Å². The molecule has 0 bridgehead atoms. The van der Waals surface area contributed by atoms with E-state index in [0.29, 0.717) is 17.4 Å². The summed E-state index contributed by atoms with van der Waals surface area (Å²) in [6.07, 6.45) is 1.65. The van der Waals surface area contributed by atoms with Gasteiger partial charge in [0.2, 0.25) is 0 Å². The molecule has 0 heterocycles. The number of phenols is 1. The van der Waals surface area contributed by atoms with Crippen LogP contribution < -0.4 is 14.2 Å². The number of aliphatic hydroxyl groups excluding tert-OH is 1. The molecule has 0 radical (unpaired) electrons. The monoisotopic (exact) mass is 594 g/mol. The zero-order valence-electron chi connectivity index (χ0n) is 26.8. The fourth-order valence-electron chi connectivity index (χ4n) is 5.36. The Morgan fingerprint density at radius 1 is 0.636 bits per heavy atom. The van der Waals surface area contributed by atoms with Gasteiger partial charge in [-0.3, -0.25) is 0 Å². The van der Waals surface area contributed by atoms with Gasteiger partial charge < -0.3 is 24.4 Å². The molecule has 5 heteroatoms. The van der Waals surface area contributed by atoms with Gasteiger partial charge in [-0.25, -0.2) is 0 Å². The van der Waals surface area contributed by atoms with Gasteiger partial charge in [0, 0.05) is 10.8 Å². The Balaban J connectivity index is 1.23. The topological polar surface area (TPSA) is 68.2 Å². The Hall–Kier alpha value is -3.96. The Labute approximate surface area is 262 Å². The molecular formula is C39H46O5. The summed E-state index contributed by atoms with van der Waals surface area (Å²) in [5, 5.41) is 20.9. The second kappa shape index (κ2) is 12.6. The van der Waals surface area contributed by atoms with E-state index in [1.807, 2.05) is 62.4 Å². The lowest BCUT2D eigenvalue weighted by Gasteiger charge is -2.33. The Morgan fingerprint density at radius 2 is 1.11 bits per heavy atom. The van der Waals surface area contributed by atoms with Crippen molar-refractivity contribution < 1.29 is 24.4 Å². The zero-order valence-corrected chi connectivity index (χ0v) is 26.8. The third-order valence-corrected chi connectivity index (χ3v) is 9.03. The van der Waals surface area contributed by atoms with Crippen LogP contribution in [0.15, 0.2) is 97.1 Å². The van der Waals surface area contributed by atoms with Crippen LogP contribution in [-0.2, 0) is 10.8 Å². The maximum Gasteiger partial charge on any atom is 0.132 e. The van der Waals surface area contributed by atoms with Crippen molar-refractivity contribution in [3.05, 3.63) is 119 Å². The zero-order chi connectivity index (χ0) is 31.5. The lowest BCUT2D eigenvalue weighted by molar-refractivity contribution is -0.0493. The number of aromatic hydroxyl groups is 1. The van der Waals surface area contributed by atoms with Crippen LogP contribution in [0.5, 0.6) is 23.0 Å². The maximum atomic E-state index is 11.2. The molecule has 232 valence electrons. The third kappa shape index (κ3) is 7.39. The van der Waals surface area contributed by atoms with E-state index in [1.54, 1.807) is 12.1 Å². The molecular weight excluding hydrogens is 548 g/mol. The lowest BCUT2D eigenvalue weighted by Crippen LogP contribution is -2.45. The van der Waals surface area contributed by atoms with Crippen LogP contribution in [0.4, 0.5) is 0 Å². The predicted octanol–water partition coefficient (Wildman–Crippen LogP) is 8.43. The van der Waals surface area contributed by atoms with Gasteiger partial charge in [-0.15, -0.1) is 0 Å². The number of phenolic OH excluding ortho intramolecular Hbond substituents is 1. The summed E-state index contributed by atoms with van der Waals surface area (Å²) in [5.41, 5.74) is 2.98. The molecule has 5 rings (SSSR count). The quantitative estimate of drug-likeness (QED) is 0.163. The first-order valence-corrected chi connectivity index (χ1v) is 15.6. The summed E-state index contributed by atoms with van der Waals surface area (Å²) in [6.45, 7) is 13.3. The van der Waals surface area contributed by atoms with Crippen LogP contribution in [0.1, 0.15) is 76.6 Å². The molecule has 5 nitrogen and oxygen atoms in total. The van der Waals surface area contributed by atoms with Crippen molar-refractivity contribution in [1.82, 2.24) is 0 Å². The van der Waals surface area contributed by atoms with Gasteiger partial charge in [-0.2, -0.15) is 0 Å². The Morgan fingerprint density at radius 3 is 1.66 bits per heavy atom. The van der Waals surface area contributed by atoms with Gasteiger partial charge in [0.25, 0.3) is 0 Å². The molecule has 1 fully saturated rings. The van der Waals surface area contributed by atoms with Crippen LogP contribution >= 0.6 is 0 Å². The summed E-state index contributed by atoms with van der Waals surface area (Å²) in [5.74, 6) is 3.23. The SMILES string of the molecule is CC(C)(c1ccc(O)cc1)c1cccc(OCC(O)C(C)(C)Oc2cccc(C(C)(C)c3cccc(OCC4CC4)c3)c2)c1. The second-order valence-electron chi connectivity index (χ2n) is 13.7. The Kier molecular flexibility index (Phi) is 8.99. The van der Waals surface area contributed by atoms with Crippen LogP contribution in [0.2, 0.25) is 0 Å². The number of benzene rings is 4. The van der Waals surface area contributed by atoms with Crippen molar-refractivity contribution in [2.24, 2.45) is 5.92 Å². The molecule has 1 atom stereocenters. The smallest absolute Gasteiger partial charge is 0.132 e. The largest absolute Gasteiger partial charge is 0.508 e. The minimum absolute atomic E-state index is 0.0783. The first kappa shape index (κ1) is 31.5. The molecule has 0 aliphatic heterocycles. The van der Waals surface area contributed by atoms with Crippen LogP contribution in [0.3, 0.4) is 0 Å². The third-order valence-electron chi connectivity index (χ3n) is 9.03.